The number of aromatic nitrogens is 3. The fraction of sp³-hybridized carbons (Fsp3) is 0.321. The van der Waals surface area contributed by atoms with Gasteiger partial charge in [0.05, 0.1) is 11.9 Å². The molecule has 1 aliphatic heterocycles. The number of rotatable bonds is 8. The molecule has 1 atom stereocenters. The molecule has 8 nitrogen and oxygen atoms in total. The summed E-state index contributed by atoms with van der Waals surface area (Å²) >= 11 is 0. The molecule has 0 spiro atoms. The van der Waals surface area contributed by atoms with Crippen LogP contribution in [0, 0.1) is 0 Å². The molecule has 1 unspecified atom stereocenters. The maximum Gasteiger partial charge on any atom is 0.234 e. The molecule has 2 aromatic carbocycles. The van der Waals surface area contributed by atoms with E-state index in [9.17, 15) is 4.79 Å². The Morgan fingerprint density at radius 1 is 1.03 bits per heavy atom. The second-order valence-electron chi connectivity index (χ2n) is 9.50. The fourth-order valence-electron chi connectivity index (χ4n) is 4.51. The lowest BCUT2D eigenvalue weighted by Crippen LogP contribution is -2.48. The molecule has 3 heterocycles. The van der Waals surface area contributed by atoms with E-state index < -0.39 is 0 Å². The van der Waals surface area contributed by atoms with Crippen molar-refractivity contribution in [3.05, 3.63) is 78.1 Å². The zero-order valence-electron chi connectivity index (χ0n) is 20.9. The molecule has 1 fully saturated rings. The average molecular weight is 484 g/mol. The summed E-state index contributed by atoms with van der Waals surface area (Å²) in [5.41, 5.74) is 5.10. The van der Waals surface area contributed by atoms with Crippen molar-refractivity contribution in [1.82, 2.24) is 30.1 Å². The molecule has 186 valence electrons. The number of carbonyl (C=O) groups is 1. The van der Waals surface area contributed by atoms with Crippen LogP contribution in [0.25, 0.3) is 22.3 Å². The van der Waals surface area contributed by atoms with Crippen molar-refractivity contribution in [3.8, 4) is 11.3 Å². The number of nitrogens with zero attached hydrogens (tertiary/aromatic N) is 4. The highest BCUT2D eigenvalue weighted by atomic mass is 16.2. The summed E-state index contributed by atoms with van der Waals surface area (Å²) in [5.74, 6) is 0.876. The second kappa shape index (κ2) is 10.9. The first-order valence-electron chi connectivity index (χ1n) is 12.5. The molecule has 4 aromatic rings. The van der Waals surface area contributed by atoms with Gasteiger partial charge in [-0.05, 0) is 36.7 Å². The van der Waals surface area contributed by atoms with Crippen molar-refractivity contribution >= 4 is 22.8 Å². The third-order valence-corrected chi connectivity index (χ3v) is 6.80. The van der Waals surface area contributed by atoms with Gasteiger partial charge >= 0.3 is 0 Å². The summed E-state index contributed by atoms with van der Waals surface area (Å²) in [6.07, 6.45) is 1.58. The number of likely N-dealkylation sites (N-methyl/N-ethyl adjacent to an activating group) is 1. The van der Waals surface area contributed by atoms with Crippen molar-refractivity contribution in [3.63, 3.8) is 0 Å². The van der Waals surface area contributed by atoms with E-state index in [-0.39, 0.29) is 11.9 Å². The number of amides is 1. The van der Waals surface area contributed by atoms with E-state index in [0.29, 0.717) is 13.1 Å². The van der Waals surface area contributed by atoms with Gasteiger partial charge in [0.2, 0.25) is 5.91 Å². The Bertz CT molecular complexity index is 1290. The summed E-state index contributed by atoms with van der Waals surface area (Å²) in [7, 11) is 2.12. The normalized spacial score (nSPS) is 15.6. The first-order chi connectivity index (χ1) is 17.5. The van der Waals surface area contributed by atoms with Crippen LogP contribution in [0.2, 0.25) is 0 Å². The summed E-state index contributed by atoms with van der Waals surface area (Å²) in [4.78, 5) is 29.2. The van der Waals surface area contributed by atoms with E-state index in [4.69, 9.17) is 0 Å². The Labute approximate surface area is 211 Å². The Morgan fingerprint density at radius 2 is 1.78 bits per heavy atom. The monoisotopic (exact) mass is 483 g/mol. The Balaban J connectivity index is 1.22. The number of hydrogen-bond acceptors (Lipinski definition) is 6. The van der Waals surface area contributed by atoms with Crippen LogP contribution in [0.4, 0.5) is 5.82 Å². The van der Waals surface area contributed by atoms with Crippen LogP contribution in [0.1, 0.15) is 24.1 Å². The summed E-state index contributed by atoms with van der Waals surface area (Å²) in [6, 6.07) is 20.8. The number of fused-ring (bicyclic) bond motifs is 1. The molecule has 0 saturated carbocycles. The Hall–Kier alpha value is -3.75. The van der Waals surface area contributed by atoms with E-state index in [0.717, 1.165) is 59.9 Å². The molecule has 1 amide bonds. The molecule has 2 aromatic heterocycles. The number of hydrogen-bond donors (Lipinski definition) is 3. The summed E-state index contributed by atoms with van der Waals surface area (Å²) in [5, 5.41) is 7.52. The van der Waals surface area contributed by atoms with Crippen molar-refractivity contribution in [1.29, 1.82) is 0 Å². The van der Waals surface area contributed by atoms with Crippen molar-refractivity contribution < 1.29 is 4.79 Å². The van der Waals surface area contributed by atoms with Crippen LogP contribution in [-0.2, 0) is 11.3 Å². The van der Waals surface area contributed by atoms with Gasteiger partial charge in [-0.1, -0.05) is 54.6 Å². The molecule has 3 N–H and O–H groups in total. The number of nitrogens with one attached hydrogen (secondary N) is 3. The smallest absolute Gasteiger partial charge is 0.234 e. The fourth-order valence-corrected chi connectivity index (χ4v) is 4.51. The summed E-state index contributed by atoms with van der Waals surface area (Å²) < 4.78 is 0. The molecule has 5 rings (SSSR count). The number of aromatic amines is 1. The number of anilines is 1. The minimum absolute atomic E-state index is 0.0718. The highest BCUT2D eigenvalue weighted by molar-refractivity contribution is 5.91. The SMILES string of the molecule is CC(Nc1ncnc2[nH]c(-c3ccc(CNC(=O)CN4CCN(C)CC4)cc3)cc12)c1ccccc1. The van der Waals surface area contributed by atoms with E-state index in [2.05, 4.69) is 91.8 Å². The van der Waals surface area contributed by atoms with Gasteiger partial charge in [0.25, 0.3) is 0 Å². The van der Waals surface area contributed by atoms with Gasteiger partial charge in [-0.2, -0.15) is 0 Å². The van der Waals surface area contributed by atoms with E-state index in [1.54, 1.807) is 6.33 Å². The summed E-state index contributed by atoms with van der Waals surface area (Å²) in [6.45, 7) is 7.01. The topological polar surface area (TPSA) is 89.2 Å². The molecular weight excluding hydrogens is 450 g/mol. The minimum atomic E-state index is 0.0718. The van der Waals surface area contributed by atoms with Crippen LogP contribution < -0.4 is 10.6 Å². The van der Waals surface area contributed by atoms with Crippen LogP contribution in [-0.4, -0.2) is 70.4 Å². The Kier molecular flexibility index (Phi) is 7.25. The van der Waals surface area contributed by atoms with Crippen LogP contribution in [0.3, 0.4) is 0 Å². The lowest BCUT2D eigenvalue weighted by atomic mass is 10.1. The predicted molar refractivity (Wildman–Crippen MR) is 144 cm³/mol. The Morgan fingerprint density at radius 3 is 2.53 bits per heavy atom. The number of carbonyl (C=O) groups excluding carboxylic acids is 1. The predicted octanol–water partition coefficient (Wildman–Crippen LogP) is 3.66. The third-order valence-electron chi connectivity index (χ3n) is 6.80. The van der Waals surface area contributed by atoms with Gasteiger partial charge in [0.15, 0.2) is 0 Å². The van der Waals surface area contributed by atoms with Gasteiger partial charge in [-0.3, -0.25) is 9.69 Å². The molecule has 8 heteroatoms. The average Bonchev–Trinajstić information content (AvgIpc) is 3.35. The standard InChI is InChI=1S/C28H33N7O/c1-20(22-6-4-3-5-7-22)32-27-24-16-25(33-28(24)31-19-30-27)23-10-8-21(9-11-23)17-29-26(36)18-35-14-12-34(2)13-15-35/h3-11,16,19-20H,12-15,17-18H2,1-2H3,(H,29,36)(H2,30,31,32,33). The zero-order chi connectivity index (χ0) is 24.9. The number of piperazine rings is 1. The maximum atomic E-state index is 12.4. The largest absolute Gasteiger partial charge is 0.363 e. The van der Waals surface area contributed by atoms with Crippen molar-refractivity contribution in [2.24, 2.45) is 0 Å². The first kappa shape index (κ1) is 24.0. The minimum Gasteiger partial charge on any atom is -0.363 e. The molecule has 0 aliphatic carbocycles. The van der Waals surface area contributed by atoms with Gasteiger partial charge < -0.3 is 20.5 Å². The van der Waals surface area contributed by atoms with E-state index in [1.165, 1.54) is 5.56 Å². The van der Waals surface area contributed by atoms with Crippen LogP contribution >= 0.6 is 0 Å². The molecular formula is C28H33N7O. The molecule has 1 aliphatic rings. The van der Waals surface area contributed by atoms with Gasteiger partial charge in [-0.15, -0.1) is 0 Å². The van der Waals surface area contributed by atoms with E-state index in [1.807, 2.05) is 18.2 Å². The third kappa shape index (κ3) is 5.72. The van der Waals surface area contributed by atoms with Gasteiger partial charge in [0, 0.05) is 44.5 Å². The highest BCUT2D eigenvalue weighted by Gasteiger charge is 2.16. The molecule has 1 saturated heterocycles. The van der Waals surface area contributed by atoms with Crippen molar-refractivity contribution in [2.75, 3.05) is 45.1 Å². The van der Waals surface area contributed by atoms with E-state index >= 15 is 0 Å². The van der Waals surface area contributed by atoms with Gasteiger partial charge in [-0.25, -0.2) is 9.97 Å². The molecule has 0 bridgehead atoms. The van der Waals surface area contributed by atoms with Crippen LogP contribution in [0.5, 0.6) is 0 Å². The van der Waals surface area contributed by atoms with Gasteiger partial charge in [0.1, 0.15) is 17.8 Å². The van der Waals surface area contributed by atoms with Crippen LogP contribution in [0.15, 0.2) is 67.0 Å². The second-order valence-corrected chi connectivity index (χ2v) is 9.50. The number of benzene rings is 2. The highest BCUT2D eigenvalue weighted by Crippen LogP contribution is 2.29. The lowest BCUT2D eigenvalue weighted by Gasteiger charge is -2.31. The number of H-pyrrole nitrogens is 1. The molecule has 0 radical (unpaired) electrons. The quantitative estimate of drug-likeness (QED) is 0.354. The van der Waals surface area contributed by atoms with Crippen molar-refractivity contribution in [2.45, 2.75) is 19.5 Å². The first-order valence-corrected chi connectivity index (χ1v) is 12.5. The zero-order valence-corrected chi connectivity index (χ0v) is 20.9. The lowest BCUT2D eigenvalue weighted by molar-refractivity contribution is -0.122. The maximum absolute atomic E-state index is 12.4. The molecule has 36 heavy (non-hydrogen) atoms.